The summed E-state index contributed by atoms with van der Waals surface area (Å²) in [6.45, 7) is 4.32. The Kier molecular flexibility index (Phi) is 3.65. The van der Waals surface area contributed by atoms with Crippen LogP contribution in [0.25, 0.3) is 0 Å². The van der Waals surface area contributed by atoms with Crippen LogP contribution < -0.4 is 11.1 Å². The van der Waals surface area contributed by atoms with Gasteiger partial charge in [0.15, 0.2) is 0 Å². The molecule has 106 valence electrons. The van der Waals surface area contributed by atoms with Crippen molar-refractivity contribution in [2.75, 3.05) is 11.1 Å². The minimum atomic E-state index is -1.02. The molecular weight excluding hydrogens is 256 g/mol. The maximum Gasteiger partial charge on any atom is 0.337 e. The van der Waals surface area contributed by atoms with Gasteiger partial charge in [0.05, 0.1) is 11.3 Å². The molecule has 0 aliphatic carbocycles. The molecule has 0 atom stereocenters. The molecule has 20 heavy (non-hydrogen) atoms. The van der Waals surface area contributed by atoms with Gasteiger partial charge in [0, 0.05) is 36.7 Å². The van der Waals surface area contributed by atoms with Gasteiger partial charge in [-0.1, -0.05) is 0 Å². The number of aryl methyl sites for hydroxylation is 3. The lowest BCUT2D eigenvalue weighted by atomic mass is 10.1. The van der Waals surface area contributed by atoms with E-state index in [4.69, 9.17) is 10.8 Å². The van der Waals surface area contributed by atoms with Gasteiger partial charge in [-0.15, -0.1) is 0 Å². The zero-order valence-corrected chi connectivity index (χ0v) is 11.8. The standard InChI is InChI=1S/C14H18N4O2/c1-8-4-11(5-12(13(8)15)14(19)20)16-6-10-7-18(3)17-9(10)2/h4-5,7,16H,6,15H2,1-3H3,(H,19,20). The first-order valence-electron chi connectivity index (χ1n) is 6.25. The lowest BCUT2D eigenvalue weighted by Gasteiger charge is -2.11. The number of aromatic carboxylic acids is 1. The number of hydrogen-bond donors (Lipinski definition) is 3. The lowest BCUT2D eigenvalue weighted by molar-refractivity contribution is 0.0698. The maximum atomic E-state index is 11.1. The van der Waals surface area contributed by atoms with Crippen LogP contribution in [0.3, 0.4) is 0 Å². The SMILES string of the molecule is Cc1cc(NCc2cn(C)nc2C)cc(C(=O)O)c1N. The minimum absolute atomic E-state index is 0.121. The van der Waals surface area contributed by atoms with Gasteiger partial charge in [-0.25, -0.2) is 4.79 Å². The highest BCUT2D eigenvalue weighted by molar-refractivity contribution is 5.95. The number of anilines is 2. The number of hydrogen-bond acceptors (Lipinski definition) is 4. The van der Waals surface area contributed by atoms with Crippen molar-refractivity contribution in [3.05, 3.63) is 40.7 Å². The van der Waals surface area contributed by atoms with Gasteiger partial charge < -0.3 is 16.2 Å². The topological polar surface area (TPSA) is 93.2 Å². The van der Waals surface area contributed by atoms with Crippen LogP contribution in [0.5, 0.6) is 0 Å². The van der Waals surface area contributed by atoms with E-state index in [0.717, 1.165) is 22.5 Å². The van der Waals surface area contributed by atoms with Crippen LogP contribution in [0.1, 0.15) is 27.2 Å². The van der Waals surface area contributed by atoms with E-state index in [9.17, 15) is 4.79 Å². The van der Waals surface area contributed by atoms with E-state index in [0.29, 0.717) is 12.2 Å². The molecule has 1 aromatic heterocycles. The molecule has 0 aliphatic heterocycles. The number of nitrogens with one attached hydrogen (secondary N) is 1. The highest BCUT2D eigenvalue weighted by atomic mass is 16.4. The first-order chi connectivity index (χ1) is 9.38. The molecule has 4 N–H and O–H groups in total. The summed E-state index contributed by atoms with van der Waals surface area (Å²) in [7, 11) is 1.87. The van der Waals surface area contributed by atoms with E-state index in [1.165, 1.54) is 0 Å². The molecule has 0 bridgehead atoms. The van der Waals surface area contributed by atoms with Gasteiger partial charge in [-0.05, 0) is 31.5 Å². The molecule has 2 aromatic rings. The minimum Gasteiger partial charge on any atom is -0.478 e. The second-order valence-electron chi connectivity index (χ2n) is 4.83. The van der Waals surface area contributed by atoms with Gasteiger partial charge in [-0.2, -0.15) is 5.10 Å². The number of nitrogen functional groups attached to an aromatic ring is 1. The van der Waals surface area contributed by atoms with E-state index in [2.05, 4.69) is 10.4 Å². The molecule has 1 aromatic carbocycles. The summed E-state index contributed by atoms with van der Waals surface area (Å²) in [5, 5.41) is 16.6. The van der Waals surface area contributed by atoms with Crippen LogP contribution in [0.4, 0.5) is 11.4 Å². The fraction of sp³-hybridized carbons (Fsp3) is 0.286. The smallest absolute Gasteiger partial charge is 0.337 e. The number of carbonyl (C=O) groups is 1. The first-order valence-corrected chi connectivity index (χ1v) is 6.25. The first kappa shape index (κ1) is 13.9. The van der Waals surface area contributed by atoms with Gasteiger partial charge in [0.1, 0.15) is 0 Å². The highest BCUT2D eigenvalue weighted by Crippen LogP contribution is 2.23. The zero-order chi connectivity index (χ0) is 14.9. The van der Waals surface area contributed by atoms with Crippen LogP contribution in [-0.2, 0) is 13.6 Å². The number of rotatable bonds is 4. The largest absolute Gasteiger partial charge is 0.478 e. The predicted octanol–water partition coefficient (Wildman–Crippen LogP) is 1.93. The Bertz CT molecular complexity index is 661. The number of carboxylic acid groups (broad SMARTS) is 1. The number of aromatic nitrogens is 2. The van der Waals surface area contributed by atoms with E-state index in [1.807, 2.05) is 26.2 Å². The van der Waals surface area contributed by atoms with Gasteiger partial charge >= 0.3 is 5.97 Å². The molecule has 6 heteroatoms. The highest BCUT2D eigenvalue weighted by Gasteiger charge is 2.12. The van der Waals surface area contributed by atoms with Crippen molar-refractivity contribution in [3.8, 4) is 0 Å². The van der Waals surface area contributed by atoms with Gasteiger partial charge in [-0.3, -0.25) is 4.68 Å². The van der Waals surface area contributed by atoms with Crippen LogP contribution in [0.15, 0.2) is 18.3 Å². The second kappa shape index (κ2) is 5.24. The van der Waals surface area contributed by atoms with Crippen molar-refractivity contribution in [3.63, 3.8) is 0 Å². The fourth-order valence-electron chi connectivity index (χ4n) is 2.10. The number of benzene rings is 1. The van der Waals surface area contributed by atoms with Crippen molar-refractivity contribution in [2.24, 2.45) is 7.05 Å². The quantitative estimate of drug-likeness (QED) is 0.741. The third kappa shape index (κ3) is 2.74. The van der Waals surface area contributed by atoms with Crippen LogP contribution in [-0.4, -0.2) is 20.9 Å². The molecule has 0 fully saturated rings. The Balaban J connectivity index is 2.22. The van der Waals surface area contributed by atoms with Crippen molar-refractivity contribution in [2.45, 2.75) is 20.4 Å². The Morgan fingerprint density at radius 1 is 1.45 bits per heavy atom. The van der Waals surface area contributed by atoms with Gasteiger partial charge in [0.25, 0.3) is 0 Å². The summed E-state index contributed by atoms with van der Waals surface area (Å²) in [6, 6.07) is 3.39. The molecule has 0 saturated carbocycles. The summed E-state index contributed by atoms with van der Waals surface area (Å²) in [6.07, 6.45) is 1.94. The molecule has 0 spiro atoms. The summed E-state index contributed by atoms with van der Waals surface area (Å²) < 4.78 is 1.75. The molecule has 0 aliphatic rings. The number of carboxylic acids is 1. The molecule has 0 unspecified atom stereocenters. The lowest BCUT2D eigenvalue weighted by Crippen LogP contribution is -2.07. The van der Waals surface area contributed by atoms with E-state index >= 15 is 0 Å². The van der Waals surface area contributed by atoms with Gasteiger partial charge in [0.2, 0.25) is 0 Å². The average Bonchev–Trinajstić information content (AvgIpc) is 2.68. The monoisotopic (exact) mass is 274 g/mol. The molecule has 0 radical (unpaired) electrons. The second-order valence-corrected chi connectivity index (χ2v) is 4.83. The average molecular weight is 274 g/mol. The summed E-state index contributed by atoms with van der Waals surface area (Å²) in [4.78, 5) is 11.1. The molecule has 6 nitrogen and oxygen atoms in total. The van der Waals surface area contributed by atoms with E-state index in [-0.39, 0.29) is 5.56 Å². The molecule has 0 amide bonds. The third-order valence-electron chi connectivity index (χ3n) is 3.22. The number of nitrogens with zero attached hydrogens (tertiary/aromatic N) is 2. The third-order valence-corrected chi connectivity index (χ3v) is 3.22. The van der Waals surface area contributed by atoms with E-state index in [1.54, 1.807) is 17.7 Å². The van der Waals surface area contributed by atoms with Crippen molar-refractivity contribution < 1.29 is 9.90 Å². The molecule has 2 rings (SSSR count). The summed E-state index contributed by atoms with van der Waals surface area (Å²) >= 11 is 0. The zero-order valence-electron chi connectivity index (χ0n) is 11.8. The van der Waals surface area contributed by atoms with Crippen LogP contribution >= 0.6 is 0 Å². The summed E-state index contributed by atoms with van der Waals surface area (Å²) in [5.74, 6) is -1.02. The number of nitrogens with two attached hydrogens (primary N) is 1. The predicted molar refractivity (Wildman–Crippen MR) is 77.8 cm³/mol. The van der Waals surface area contributed by atoms with Crippen molar-refractivity contribution in [1.82, 2.24) is 9.78 Å². The van der Waals surface area contributed by atoms with Crippen LogP contribution in [0, 0.1) is 13.8 Å². The Morgan fingerprint density at radius 2 is 2.15 bits per heavy atom. The molecular formula is C14H18N4O2. The summed E-state index contributed by atoms with van der Waals surface area (Å²) in [5.41, 5.74) is 9.69. The van der Waals surface area contributed by atoms with Crippen molar-refractivity contribution >= 4 is 17.3 Å². The molecule has 0 saturated heterocycles. The fourth-order valence-corrected chi connectivity index (χ4v) is 2.10. The normalized spacial score (nSPS) is 10.6. The van der Waals surface area contributed by atoms with Crippen molar-refractivity contribution in [1.29, 1.82) is 0 Å². The van der Waals surface area contributed by atoms with Crippen LogP contribution in [0.2, 0.25) is 0 Å². The Morgan fingerprint density at radius 3 is 2.70 bits per heavy atom. The Labute approximate surface area is 117 Å². The maximum absolute atomic E-state index is 11.1. The Hall–Kier alpha value is -2.50. The molecule has 1 heterocycles. The van der Waals surface area contributed by atoms with E-state index < -0.39 is 5.97 Å².